The van der Waals surface area contributed by atoms with E-state index in [1.807, 2.05) is 23.0 Å². The van der Waals surface area contributed by atoms with E-state index in [4.69, 9.17) is 5.73 Å². The number of rotatable bonds is 3. The average Bonchev–Trinajstić information content (AvgIpc) is 2.97. The molecule has 0 spiro atoms. The molecule has 0 radical (unpaired) electrons. The Morgan fingerprint density at radius 3 is 2.74 bits per heavy atom. The topological polar surface area (TPSA) is 48.8 Å². The third-order valence-electron chi connectivity index (χ3n) is 3.32. The average molecular weight is 254 g/mol. The summed E-state index contributed by atoms with van der Waals surface area (Å²) in [5.41, 5.74) is 8.86. The first-order valence-corrected chi connectivity index (χ1v) is 6.52. The second-order valence-corrected chi connectivity index (χ2v) is 5.14. The number of nitrogens with zero attached hydrogens (tertiary/aromatic N) is 3. The lowest BCUT2D eigenvalue weighted by Gasteiger charge is -2.05. The van der Waals surface area contributed by atoms with Crippen molar-refractivity contribution in [3.8, 4) is 0 Å². The molecule has 98 valence electrons. The van der Waals surface area contributed by atoms with Crippen molar-refractivity contribution in [1.82, 2.24) is 14.3 Å². The quantitative estimate of drug-likeness (QED) is 0.730. The lowest BCUT2D eigenvalue weighted by Crippen LogP contribution is -2.04. The van der Waals surface area contributed by atoms with Gasteiger partial charge in [-0.2, -0.15) is 5.10 Å². The van der Waals surface area contributed by atoms with Gasteiger partial charge in [0.25, 0.3) is 0 Å². The van der Waals surface area contributed by atoms with Crippen LogP contribution >= 0.6 is 0 Å². The van der Waals surface area contributed by atoms with Crippen LogP contribution in [0.1, 0.15) is 25.6 Å². The van der Waals surface area contributed by atoms with Crippen LogP contribution in [0.25, 0.3) is 10.9 Å². The van der Waals surface area contributed by atoms with Crippen LogP contribution in [-0.4, -0.2) is 14.3 Å². The number of benzene rings is 1. The van der Waals surface area contributed by atoms with Crippen molar-refractivity contribution in [3.05, 3.63) is 48.4 Å². The van der Waals surface area contributed by atoms with Gasteiger partial charge in [0.1, 0.15) is 0 Å². The molecule has 0 bridgehead atoms. The third kappa shape index (κ3) is 2.21. The highest BCUT2D eigenvalue weighted by Crippen LogP contribution is 2.19. The Bertz CT molecular complexity index is 706. The minimum Gasteiger partial charge on any atom is -0.399 e. The number of aromatic nitrogens is 3. The summed E-state index contributed by atoms with van der Waals surface area (Å²) >= 11 is 0. The summed E-state index contributed by atoms with van der Waals surface area (Å²) in [6, 6.07) is 10.6. The zero-order valence-corrected chi connectivity index (χ0v) is 11.2. The third-order valence-corrected chi connectivity index (χ3v) is 3.32. The summed E-state index contributed by atoms with van der Waals surface area (Å²) in [6.07, 6.45) is 4.11. The standard InChI is InChI=1S/C15H18N4/c1-11(2)19-8-6-14(17-19)10-18-7-5-12-9-13(16)3-4-15(12)18/h3-9,11H,10,16H2,1-2H3. The van der Waals surface area contributed by atoms with Crippen molar-refractivity contribution >= 4 is 16.6 Å². The highest BCUT2D eigenvalue weighted by molar-refractivity contribution is 5.83. The molecule has 3 rings (SSSR count). The maximum absolute atomic E-state index is 5.80. The van der Waals surface area contributed by atoms with Gasteiger partial charge >= 0.3 is 0 Å². The predicted molar refractivity (Wildman–Crippen MR) is 78.1 cm³/mol. The van der Waals surface area contributed by atoms with Crippen molar-refractivity contribution in [1.29, 1.82) is 0 Å². The largest absolute Gasteiger partial charge is 0.399 e. The lowest BCUT2D eigenvalue weighted by atomic mass is 10.2. The van der Waals surface area contributed by atoms with E-state index < -0.39 is 0 Å². The van der Waals surface area contributed by atoms with Crippen LogP contribution in [0, 0.1) is 0 Å². The van der Waals surface area contributed by atoms with Crippen LogP contribution < -0.4 is 5.73 Å². The van der Waals surface area contributed by atoms with Crippen molar-refractivity contribution in [2.45, 2.75) is 26.4 Å². The molecule has 0 fully saturated rings. The summed E-state index contributed by atoms with van der Waals surface area (Å²) in [6.45, 7) is 5.04. The summed E-state index contributed by atoms with van der Waals surface area (Å²) in [7, 11) is 0. The van der Waals surface area contributed by atoms with E-state index >= 15 is 0 Å². The molecule has 2 N–H and O–H groups in total. The van der Waals surface area contributed by atoms with Gasteiger partial charge in [0.15, 0.2) is 0 Å². The molecular formula is C15H18N4. The number of nitrogen functional groups attached to an aromatic ring is 1. The molecule has 4 nitrogen and oxygen atoms in total. The van der Waals surface area contributed by atoms with Crippen LogP contribution in [0.4, 0.5) is 5.69 Å². The van der Waals surface area contributed by atoms with Gasteiger partial charge in [-0.05, 0) is 44.2 Å². The van der Waals surface area contributed by atoms with E-state index in [0.29, 0.717) is 6.04 Å². The van der Waals surface area contributed by atoms with Gasteiger partial charge in [0.05, 0.1) is 12.2 Å². The molecule has 3 aromatic rings. The van der Waals surface area contributed by atoms with Gasteiger partial charge in [0.2, 0.25) is 0 Å². The molecule has 0 amide bonds. The lowest BCUT2D eigenvalue weighted by molar-refractivity contribution is 0.524. The second-order valence-electron chi connectivity index (χ2n) is 5.14. The summed E-state index contributed by atoms with van der Waals surface area (Å²) in [5, 5.41) is 5.75. The smallest absolute Gasteiger partial charge is 0.0821 e. The maximum Gasteiger partial charge on any atom is 0.0821 e. The first-order chi connectivity index (χ1) is 9.13. The molecule has 0 saturated carbocycles. The molecule has 1 aromatic carbocycles. The van der Waals surface area contributed by atoms with Crippen LogP contribution in [0.2, 0.25) is 0 Å². The van der Waals surface area contributed by atoms with E-state index in [1.165, 1.54) is 10.9 Å². The van der Waals surface area contributed by atoms with Crippen molar-refractivity contribution in [2.24, 2.45) is 0 Å². The minimum absolute atomic E-state index is 0.398. The molecule has 19 heavy (non-hydrogen) atoms. The zero-order valence-electron chi connectivity index (χ0n) is 11.2. The van der Waals surface area contributed by atoms with E-state index in [-0.39, 0.29) is 0 Å². The summed E-state index contributed by atoms with van der Waals surface area (Å²) < 4.78 is 4.18. The predicted octanol–water partition coefficient (Wildman–Crippen LogP) is 3.05. The van der Waals surface area contributed by atoms with Crippen molar-refractivity contribution < 1.29 is 0 Å². The molecule has 4 heteroatoms. The van der Waals surface area contributed by atoms with E-state index in [0.717, 1.165) is 17.9 Å². The Labute approximate surface area is 112 Å². The van der Waals surface area contributed by atoms with Crippen molar-refractivity contribution in [2.75, 3.05) is 5.73 Å². The van der Waals surface area contributed by atoms with Gasteiger partial charge in [-0.1, -0.05) is 0 Å². The van der Waals surface area contributed by atoms with Crippen molar-refractivity contribution in [3.63, 3.8) is 0 Å². The molecule has 0 aliphatic carbocycles. The number of nitrogens with two attached hydrogens (primary N) is 1. The zero-order chi connectivity index (χ0) is 13.4. The van der Waals surface area contributed by atoms with Crippen LogP contribution in [0.3, 0.4) is 0 Å². The molecule has 0 unspecified atom stereocenters. The second kappa shape index (κ2) is 4.46. The summed E-state index contributed by atoms with van der Waals surface area (Å²) in [5.74, 6) is 0. The van der Waals surface area contributed by atoms with E-state index in [1.54, 1.807) is 0 Å². The first-order valence-electron chi connectivity index (χ1n) is 6.52. The summed E-state index contributed by atoms with van der Waals surface area (Å²) in [4.78, 5) is 0. The monoisotopic (exact) mass is 254 g/mol. The molecule has 2 aromatic heterocycles. The van der Waals surface area contributed by atoms with Gasteiger partial charge in [0, 0.05) is 35.0 Å². The number of anilines is 1. The maximum atomic E-state index is 5.80. The Hall–Kier alpha value is -2.23. The minimum atomic E-state index is 0.398. The molecule has 0 aliphatic heterocycles. The van der Waals surface area contributed by atoms with Crippen LogP contribution in [0.15, 0.2) is 42.7 Å². The van der Waals surface area contributed by atoms with E-state index in [9.17, 15) is 0 Å². The molecular weight excluding hydrogens is 236 g/mol. The normalized spacial score (nSPS) is 11.5. The molecule has 0 aliphatic rings. The Balaban J connectivity index is 1.92. The highest BCUT2D eigenvalue weighted by Gasteiger charge is 2.05. The number of hydrogen-bond donors (Lipinski definition) is 1. The van der Waals surface area contributed by atoms with Crippen LogP contribution in [-0.2, 0) is 6.54 Å². The fourth-order valence-electron chi connectivity index (χ4n) is 2.28. The molecule has 2 heterocycles. The van der Waals surface area contributed by atoms with E-state index in [2.05, 4.69) is 47.9 Å². The van der Waals surface area contributed by atoms with Gasteiger partial charge < -0.3 is 10.3 Å². The van der Waals surface area contributed by atoms with Gasteiger partial charge in [-0.3, -0.25) is 4.68 Å². The number of fused-ring (bicyclic) bond motifs is 1. The highest BCUT2D eigenvalue weighted by atomic mass is 15.3. The molecule has 0 saturated heterocycles. The molecule has 0 atom stereocenters. The Kier molecular flexibility index (Phi) is 2.78. The fraction of sp³-hybridized carbons (Fsp3) is 0.267. The Morgan fingerprint density at radius 2 is 2.00 bits per heavy atom. The van der Waals surface area contributed by atoms with Gasteiger partial charge in [-0.15, -0.1) is 0 Å². The van der Waals surface area contributed by atoms with Gasteiger partial charge in [-0.25, -0.2) is 0 Å². The Morgan fingerprint density at radius 1 is 1.16 bits per heavy atom. The fourth-order valence-corrected chi connectivity index (χ4v) is 2.28. The van der Waals surface area contributed by atoms with Crippen LogP contribution in [0.5, 0.6) is 0 Å². The number of hydrogen-bond acceptors (Lipinski definition) is 2. The SMILES string of the molecule is CC(C)n1ccc(Cn2ccc3cc(N)ccc32)n1. The first kappa shape index (κ1) is 11.8.